The minimum Gasteiger partial charge on any atom is -0.346 e. The van der Waals surface area contributed by atoms with Gasteiger partial charge in [0.05, 0.1) is 12.6 Å². The van der Waals surface area contributed by atoms with Crippen molar-refractivity contribution in [2.75, 3.05) is 6.54 Å². The predicted molar refractivity (Wildman–Crippen MR) is 92.5 cm³/mol. The first kappa shape index (κ1) is 18.4. The van der Waals surface area contributed by atoms with Crippen LogP contribution < -0.4 is 16.6 Å². The van der Waals surface area contributed by atoms with Crippen LogP contribution in [0, 0.1) is 5.92 Å². The van der Waals surface area contributed by atoms with Gasteiger partial charge in [0.25, 0.3) is 5.56 Å². The molecule has 0 radical (unpaired) electrons. The summed E-state index contributed by atoms with van der Waals surface area (Å²) in [4.78, 5) is 36.7. The number of hydrogen-bond donors (Lipinski definition) is 2. The lowest BCUT2D eigenvalue weighted by Gasteiger charge is -2.20. The van der Waals surface area contributed by atoms with Gasteiger partial charge in [0, 0.05) is 18.2 Å². The highest BCUT2D eigenvalue weighted by molar-refractivity contribution is 5.89. The molecule has 0 aliphatic heterocycles. The minimum atomic E-state index is -0.545. The number of carbonyl (C=O) groups excluding carboxylic acids is 2. The third-order valence-corrected chi connectivity index (χ3v) is 4.60. The van der Waals surface area contributed by atoms with Crippen molar-refractivity contribution in [1.82, 2.24) is 9.88 Å². The molecule has 24 heavy (non-hydrogen) atoms. The van der Waals surface area contributed by atoms with Crippen LogP contribution in [0.2, 0.25) is 0 Å². The highest BCUT2D eigenvalue weighted by Gasteiger charge is 2.27. The van der Waals surface area contributed by atoms with E-state index in [1.165, 1.54) is 10.6 Å². The Hall–Kier alpha value is -1.95. The summed E-state index contributed by atoms with van der Waals surface area (Å²) in [6.45, 7) is 0.549. The first-order chi connectivity index (χ1) is 11.6. The Kier molecular flexibility index (Phi) is 7.18. The van der Waals surface area contributed by atoms with Crippen LogP contribution in [-0.4, -0.2) is 28.8 Å². The van der Waals surface area contributed by atoms with E-state index in [0.717, 1.165) is 38.5 Å². The Morgan fingerprint density at radius 3 is 2.67 bits per heavy atom. The van der Waals surface area contributed by atoms with E-state index in [1.807, 2.05) is 0 Å². The van der Waals surface area contributed by atoms with Gasteiger partial charge in [-0.3, -0.25) is 14.4 Å². The summed E-state index contributed by atoms with van der Waals surface area (Å²) in [5.74, 6) is -0.139. The summed E-state index contributed by atoms with van der Waals surface area (Å²) >= 11 is 0. The van der Waals surface area contributed by atoms with Gasteiger partial charge in [-0.1, -0.05) is 18.9 Å². The molecule has 6 heteroatoms. The Bertz CT molecular complexity index is 606. The van der Waals surface area contributed by atoms with Crippen LogP contribution in [0.4, 0.5) is 0 Å². The van der Waals surface area contributed by atoms with E-state index in [4.69, 9.17) is 5.73 Å². The van der Waals surface area contributed by atoms with Crippen molar-refractivity contribution in [2.24, 2.45) is 11.7 Å². The average molecular weight is 333 g/mol. The van der Waals surface area contributed by atoms with Gasteiger partial charge in [0.1, 0.15) is 0 Å². The first-order valence-electron chi connectivity index (χ1n) is 8.80. The maximum atomic E-state index is 12.6. The Morgan fingerprint density at radius 1 is 1.25 bits per heavy atom. The summed E-state index contributed by atoms with van der Waals surface area (Å²) in [6, 6.07) is 4.24. The smallest absolute Gasteiger partial charge is 0.250 e. The number of amides is 1. The molecule has 2 rings (SSSR count). The molecule has 1 aliphatic carbocycles. The lowest BCUT2D eigenvalue weighted by molar-refractivity contribution is -0.130. The number of hydrogen-bond acceptors (Lipinski definition) is 4. The van der Waals surface area contributed by atoms with Crippen LogP contribution in [-0.2, 0) is 16.1 Å². The molecule has 1 amide bonds. The molecular formula is C18H27N3O3. The minimum absolute atomic E-state index is 0.0160. The van der Waals surface area contributed by atoms with Gasteiger partial charge in [0.15, 0.2) is 5.78 Å². The van der Waals surface area contributed by atoms with Gasteiger partial charge in [-0.2, -0.15) is 0 Å². The summed E-state index contributed by atoms with van der Waals surface area (Å²) in [5, 5.41) is 2.91. The van der Waals surface area contributed by atoms with Gasteiger partial charge < -0.3 is 15.6 Å². The van der Waals surface area contributed by atoms with Crippen molar-refractivity contribution < 1.29 is 9.59 Å². The molecule has 1 atom stereocenters. The molecule has 1 saturated carbocycles. The molecule has 0 bridgehead atoms. The van der Waals surface area contributed by atoms with E-state index in [-0.39, 0.29) is 29.7 Å². The van der Waals surface area contributed by atoms with Crippen LogP contribution in [0.5, 0.6) is 0 Å². The Morgan fingerprint density at radius 2 is 2.00 bits per heavy atom. The predicted octanol–water partition coefficient (Wildman–Crippen LogP) is 1.22. The van der Waals surface area contributed by atoms with Crippen LogP contribution in [0.3, 0.4) is 0 Å². The van der Waals surface area contributed by atoms with Gasteiger partial charge in [-0.15, -0.1) is 0 Å². The number of carbonyl (C=O) groups is 2. The summed E-state index contributed by atoms with van der Waals surface area (Å²) < 4.78 is 1.37. The first-order valence-corrected chi connectivity index (χ1v) is 8.80. The summed E-state index contributed by atoms with van der Waals surface area (Å²) in [5.41, 5.74) is 5.30. The Balaban J connectivity index is 2.00. The van der Waals surface area contributed by atoms with Crippen molar-refractivity contribution in [2.45, 2.75) is 57.5 Å². The van der Waals surface area contributed by atoms with Crippen LogP contribution in [0.1, 0.15) is 44.9 Å². The van der Waals surface area contributed by atoms with E-state index in [1.54, 1.807) is 18.3 Å². The maximum Gasteiger partial charge on any atom is 0.250 e. The van der Waals surface area contributed by atoms with Crippen LogP contribution >= 0.6 is 0 Å². The largest absolute Gasteiger partial charge is 0.346 e. The van der Waals surface area contributed by atoms with Crippen LogP contribution in [0.15, 0.2) is 29.2 Å². The fourth-order valence-electron chi connectivity index (χ4n) is 3.15. The quantitative estimate of drug-likeness (QED) is 0.664. The molecule has 1 heterocycles. The van der Waals surface area contributed by atoms with Crippen molar-refractivity contribution in [1.29, 1.82) is 0 Å². The standard InChI is InChI=1S/C18H27N3O3/c19-11-5-3-9-15(20-18(24)14-7-1-2-8-14)16(22)13-21-12-6-4-10-17(21)23/h4,6,10,12,14-15H,1-3,5,7-9,11,13,19H2,(H,20,24). The summed E-state index contributed by atoms with van der Waals surface area (Å²) in [6.07, 6.45) is 7.69. The second kappa shape index (κ2) is 9.37. The molecule has 1 fully saturated rings. The number of rotatable bonds is 9. The van der Waals surface area contributed by atoms with E-state index in [0.29, 0.717) is 13.0 Å². The fraction of sp³-hybridized carbons (Fsp3) is 0.611. The topological polar surface area (TPSA) is 94.2 Å². The number of unbranched alkanes of at least 4 members (excludes halogenated alkanes) is 1. The number of aromatic nitrogens is 1. The number of pyridine rings is 1. The Labute approximate surface area is 142 Å². The van der Waals surface area contributed by atoms with Crippen molar-refractivity contribution in [3.8, 4) is 0 Å². The van der Waals surface area contributed by atoms with E-state index in [2.05, 4.69) is 5.32 Å². The molecule has 1 aliphatic rings. The average Bonchev–Trinajstić information content (AvgIpc) is 3.10. The molecule has 0 saturated heterocycles. The maximum absolute atomic E-state index is 12.6. The molecule has 1 aromatic rings. The zero-order valence-electron chi connectivity index (χ0n) is 14.1. The van der Waals surface area contributed by atoms with Gasteiger partial charge in [0.2, 0.25) is 5.91 Å². The van der Waals surface area contributed by atoms with Crippen molar-refractivity contribution in [3.63, 3.8) is 0 Å². The van der Waals surface area contributed by atoms with Crippen LogP contribution in [0.25, 0.3) is 0 Å². The van der Waals surface area contributed by atoms with Crippen molar-refractivity contribution >= 4 is 11.7 Å². The molecule has 0 aromatic carbocycles. The second-order valence-corrected chi connectivity index (χ2v) is 6.46. The molecule has 132 valence electrons. The molecule has 1 unspecified atom stereocenters. The lowest BCUT2D eigenvalue weighted by Crippen LogP contribution is -2.45. The zero-order chi connectivity index (χ0) is 17.4. The molecular weight excluding hydrogens is 306 g/mol. The van der Waals surface area contributed by atoms with E-state index in [9.17, 15) is 14.4 Å². The van der Waals surface area contributed by atoms with E-state index < -0.39 is 6.04 Å². The number of ketones is 1. The van der Waals surface area contributed by atoms with Gasteiger partial charge in [-0.05, 0) is 44.7 Å². The molecule has 3 N–H and O–H groups in total. The van der Waals surface area contributed by atoms with Gasteiger partial charge in [-0.25, -0.2) is 0 Å². The number of nitrogens with two attached hydrogens (primary N) is 1. The summed E-state index contributed by atoms with van der Waals surface area (Å²) in [7, 11) is 0. The highest BCUT2D eigenvalue weighted by Crippen LogP contribution is 2.25. The normalized spacial score (nSPS) is 16.0. The second-order valence-electron chi connectivity index (χ2n) is 6.46. The third-order valence-electron chi connectivity index (χ3n) is 4.60. The number of Topliss-reactive ketones (excluding diaryl/α,β-unsaturated/α-hetero) is 1. The molecule has 0 spiro atoms. The number of nitrogens with one attached hydrogen (secondary N) is 1. The zero-order valence-corrected chi connectivity index (χ0v) is 14.1. The lowest BCUT2D eigenvalue weighted by atomic mass is 10.0. The van der Waals surface area contributed by atoms with Gasteiger partial charge >= 0.3 is 0 Å². The SMILES string of the molecule is NCCCCC(NC(=O)C1CCCC1)C(=O)Cn1ccccc1=O. The van der Waals surface area contributed by atoms with E-state index >= 15 is 0 Å². The fourth-order valence-corrected chi connectivity index (χ4v) is 3.15. The monoisotopic (exact) mass is 333 g/mol. The molecule has 1 aromatic heterocycles. The molecule has 6 nitrogen and oxygen atoms in total. The number of nitrogens with zero attached hydrogens (tertiary/aromatic N) is 1. The highest BCUT2D eigenvalue weighted by atomic mass is 16.2. The third kappa shape index (κ3) is 5.30. The van der Waals surface area contributed by atoms with Crippen molar-refractivity contribution in [3.05, 3.63) is 34.7 Å².